The van der Waals surface area contributed by atoms with Crippen LogP contribution < -0.4 is 11.1 Å². The van der Waals surface area contributed by atoms with Crippen molar-refractivity contribution in [3.8, 4) is 5.75 Å². The van der Waals surface area contributed by atoms with Crippen molar-refractivity contribution in [3.05, 3.63) is 29.8 Å². The molecule has 2 amide bonds. The van der Waals surface area contributed by atoms with E-state index >= 15 is 0 Å². The van der Waals surface area contributed by atoms with E-state index in [1.165, 1.54) is 0 Å². The van der Waals surface area contributed by atoms with Crippen molar-refractivity contribution in [2.24, 2.45) is 5.73 Å². The van der Waals surface area contributed by atoms with E-state index in [2.05, 4.69) is 5.32 Å². The molecule has 6 nitrogen and oxygen atoms in total. The van der Waals surface area contributed by atoms with Crippen molar-refractivity contribution < 1.29 is 14.7 Å². The molecular formula is C15H21N3O3. The summed E-state index contributed by atoms with van der Waals surface area (Å²) in [5, 5.41) is 11.8. The molecule has 2 atom stereocenters. The predicted molar refractivity (Wildman–Crippen MR) is 78.6 cm³/mol. The van der Waals surface area contributed by atoms with Crippen LogP contribution in [-0.2, 0) is 16.0 Å². The molecular weight excluding hydrogens is 270 g/mol. The Balaban J connectivity index is 2.01. The van der Waals surface area contributed by atoms with E-state index in [1.807, 2.05) is 0 Å². The summed E-state index contributed by atoms with van der Waals surface area (Å²) in [6, 6.07) is 5.52. The highest BCUT2D eigenvalue weighted by Crippen LogP contribution is 2.19. The molecule has 21 heavy (non-hydrogen) atoms. The number of hydrogen-bond donors (Lipinski definition) is 3. The van der Waals surface area contributed by atoms with Gasteiger partial charge in [-0.15, -0.1) is 0 Å². The Bertz CT molecular complexity index is 515. The number of nitrogens with two attached hydrogens (primary N) is 1. The van der Waals surface area contributed by atoms with Crippen LogP contribution in [0.15, 0.2) is 24.3 Å². The van der Waals surface area contributed by atoms with E-state index in [0.717, 1.165) is 12.0 Å². The molecule has 0 saturated carbocycles. The number of carbonyl (C=O) groups excluding carboxylic acids is 2. The minimum Gasteiger partial charge on any atom is -0.508 e. The van der Waals surface area contributed by atoms with Gasteiger partial charge in [-0.3, -0.25) is 9.59 Å². The van der Waals surface area contributed by atoms with E-state index < -0.39 is 12.1 Å². The number of amides is 2. The maximum absolute atomic E-state index is 12.4. The number of rotatable bonds is 4. The van der Waals surface area contributed by atoms with Crippen LogP contribution in [0.25, 0.3) is 0 Å². The van der Waals surface area contributed by atoms with Crippen molar-refractivity contribution in [1.82, 2.24) is 10.2 Å². The van der Waals surface area contributed by atoms with Crippen LogP contribution in [0.2, 0.25) is 0 Å². The normalized spacial score (nSPS) is 19.3. The van der Waals surface area contributed by atoms with Crippen LogP contribution >= 0.6 is 0 Å². The fourth-order valence-corrected chi connectivity index (χ4v) is 2.66. The Morgan fingerprint density at radius 3 is 2.71 bits per heavy atom. The highest BCUT2D eigenvalue weighted by Gasteiger charge is 2.35. The van der Waals surface area contributed by atoms with Crippen molar-refractivity contribution >= 4 is 11.8 Å². The molecule has 0 spiro atoms. The predicted octanol–water partition coefficient (Wildman–Crippen LogP) is -0.001000. The summed E-state index contributed by atoms with van der Waals surface area (Å²) < 4.78 is 0. The van der Waals surface area contributed by atoms with E-state index in [1.54, 1.807) is 36.2 Å². The molecule has 2 rings (SSSR count). The van der Waals surface area contributed by atoms with Gasteiger partial charge < -0.3 is 21.1 Å². The molecule has 1 fully saturated rings. The first-order valence-corrected chi connectivity index (χ1v) is 7.08. The molecule has 0 unspecified atom stereocenters. The molecule has 1 aromatic carbocycles. The van der Waals surface area contributed by atoms with E-state index in [0.29, 0.717) is 19.4 Å². The number of likely N-dealkylation sites (N-methyl/N-ethyl adjacent to an activating group) is 1. The fraction of sp³-hybridized carbons (Fsp3) is 0.467. The van der Waals surface area contributed by atoms with Gasteiger partial charge in [0.05, 0.1) is 6.04 Å². The van der Waals surface area contributed by atoms with Crippen molar-refractivity contribution in [2.45, 2.75) is 31.3 Å². The zero-order valence-electron chi connectivity index (χ0n) is 12.1. The number of carbonyl (C=O) groups is 2. The molecule has 4 N–H and O–H groups in total. The van der Waals surface area contributed by atoms with Crippen molar-refractivity contribution in [1.29, 1.82) is 0 Å². The second-order valence-electron chi connectivity index (χ2n) is 5.28. The third kappa shape index (κ3) is 3.52. The quantitative estimate of drug-likeness (QED) is 0.727. The summed E-state index contributed by atoms with van der Waals surface area (Å²) in [6.45, 7) is 0.570. The summed E-state index contributed by atoms with van der Waals surface area (Å²) in [5.41, 5.74) is 6.86. The molecule has 0 aliphatic carbocycles. The Kier molecular flexibility index (Phi) is 4.80. The molecule has 1 saturated heterocycles. The first-order chi connectivity index (χ1) is 10.0. The van der Waals surface area contributed by atoms with Gasteiger partial charge in [0.15, 0.2) is 0 Å². The molecule has 0 radical (unpaired) electrons. The Labute approximate surface area is 123 Å². The highest BCUT2D eigenvalue weighted by molar-refractivity contribution is 5.90. The summed E-state index contributed by atoms with van der Waals surface area (Å²) >= 11 is 0. The second kappa shape index (κ2) is 6.58. The lowest BCUT2D eigenvalue weighted by Crippen LogP contribution is -2.51. The Morgan fingerprint density at radius 1 is 1.43 bits per heavy atom. The second-order valence-corrected chi connectivity index (χ2v) is 5.28. The third-order valence-electron chi connectivity index (χ3n) is 3.79. The molecule has 1 heterocycles. The van der Waals surface area contributed by atoms with Gasteiger partial charge in [0.2, 0.25) is 11.8 Å². The monoisotopic (exact) mass is 291 g/mol. The first kappa shape index (κ1) is 15.3. The van der Waals surface area contributed by atoms with Gasteiger partial charge in [0.25, 0.3) is 0 Å². The minimum atomic E-state index is -0.681. The Hall–Kier alpha value is -2.08. The standard InChI is InChI=1S/C15H21N3O3/c1-17-14(20)13-3-2-8-18(13)15(21)12(16)9-10-4-6-11(19)7-5-10/h4-7,12-13,19H,2-3,8-9,16H2,1H3,(H,17,20)/t12-,13-/m0/s1. The number of aromatic hydroxyl groups is 1. The first-order valence-electron chi connectivity index (χ1n) is 7.08. The molecule has 1 aliphatic heterocycles. The maximum Gasteiger partial charge on any atom is 0.242 e. The average Bonchev–Trinajstić information content (AvgIpc) is 2.97. The summed E-state index contributed by atoms with van der Waals surface area (Å²) in [5.74, 6) is -0.162. The molecule has 1 aromatic rings. The summed E-state index contributed by atoms with van der Waals surface area (Å²) in [4.78, 5) is 25.8. The van der Waals surface area contributed by atoms with Crippen LogP contribution in [0.3, 0.4) is 0 Å². The van der Waals surface area contributed by atoms with Crippen LogP contribution in [0.4, 0.5) is 0 Å². The number of hydrogen-bond acceptors (Lipinski definition) is 4. The molecule has 6 heteroatoms. The van der Waals surface area contributed by atoms with Crippen LogP contribution in [0, 0.1) is 0 Å². The fourth-order valence-electron chi connectivity index (χ4n) is 2.66. The number of likely N-dealkylation sites (tertiary alicyclic amines) is 1. The maximum atomic E-state index is 12.4. The largest absolute Gasteiger partial charge is 0.508 e. The van der Waals surface area contributed by atoms with E-state index in [-0.39, 0.29) is 17.6 Å². The number of benzene rings is 1. The van der Waals surface area contributed by atoms with Crippen molar-refractivity contribution in [3.63, 3.8) is 0 Å². The van der Waals surface area contributed by atoms with Crippen molar-refractivity contribution in [2.75, 3.05) is 13.6 Å². The lowest BCUT2D eigenvalue weighted by Gasteiger charge is -2.26. The molecule has 114 valence electrons. The minimum absolute atomic E-state index is 0.141. The van der Waals surface area contributed by atoms with Gasteiger partial charge in [0.1, 0.15) is 11.8 Å². The van der Waals surface area contributed by atoms with Gasteiger partial charge in [0, 0.05) is 13.6 Å². The van der Waals surface area contributed by atoms with Gasteiger partial charge in [-0.05, 0) is 37.0 Å². The van der Waals surface area contributed by atoms with Gasteiger partial charge in [-0.2, -0.15) is 0 Å². The lowest BCUT2D eigenvalue weighted by atomic mass is 10.0. The van der Waals surface area contributed by atoms with Crippen LogP contribution in [-0.4, -0.2) is 47.5 Å². The molecule has 0 aromatic heterocycles. The lowest BCUT2D eigenvalue weighted by molar-refractivity contribution is -0.139. The zero-order valence-corrected chi connectivity index (χ0v) is 12.1. The SMILES string of the molecule is CNC(=O)[C@@H]1CCCN1C(=O)[C@@H](N)Cc1ccc(O)cc1. The van der Waals surface area contributed by atoms with Gasteiger partial charge in [-0.1, -0.05) is 12.1 Å². The van der Waals surface area contributed by atoms with Gasteiger partial charge >= 0.3 is 0 Å². The van der Waals surface area contributed by atoms with Crippen LogP contribution in [0.1, 0.15) is 18.4 Å². The molecule has 0 bridgehead atoms. The smallest absolute Gasteiger partial charge is 0.242 e. The third-order valence-corrected chi connectivity index (χ3v) is 3.79. The number of nitrogens with zero attached hydrogens (tertiary/aromatic N) is 1. The van der Waals surface area contributed by atoms with E-state index in [4.69, 9.17) is 5.73 Å². The van der Waals surface area contributed by atoms with Gasteiger partial charge in [-0.25, -0.2) is 0 Å². The van der Waals surface area contributed by atoms with Crippen LogP contribution in [0.5, 0.6) is 5.75 Å². The summed E-state index contributed by atoms with van der Waals surface area (Å²) in [6.07, 6.45) is 1.88. The average molecular weight is 291 g/mol. The number of phenolic OH excluding ortho intramolecular Hbond substituents is 1. The summed E-state index contributed by atoms with van der Waals surface area (Å²) in [7, 11) is 1.57. The highest BCUT2D eigenvalue weighted by atomic mass is 16.3. The zero-order chi connectivity index (χ0) is 15.4. The number of nitrogens with one attached hydrogen (secondary N) is 1. The number of phenols is 1. The topological polar surface area (TPSA) is 95.7 Å². The Morgan fingerprint density at radius 2 is 2.10 bits per heavy atom. The molecule has 1 aliphatic rings. The van der Waals surface area contributed by atoms with E-state index in [9.17, 15) is 14.7 Å².